The minimum atomic E-state index is -0.0486. The third-order valence-electron chi connectivity index (χ3n) is 4.82. The van der Waals surface area contributed by atoms with Gasteiger partial charge in [-0.25, -0.2) is 4.98 Å². The minimum absolute atomic E-state index is 0.0270. The van der Waals surface area contributed by atoms with Crippen LogP contribution in [0.5, 0.6) is 0 Å². The second-order valence-corrected chi connectivity index (χ2v) is 9.39. The molecular formula is C21H30N4OS. The fourth-order valence-corrected chi connectivity index (χ4v) is 3.99. The number of aromatic nitrogens is 1. The Labute approximate surface area is 166 Å². The summed E-state index contributed by atoms with van der Waals surface area (Å²) in [7, 11) is 2.17. The number of carbonyl (C=O) groups is 1. The van der Waals surface area contributed by atoms with Crippen molar-refractivity contribution < 1.29 is 4.79 Å². The van der Waals surface area contributed by atoms with Crippen molar-refractivity contribution in [1.82, 2.24) is 20.1 Å². The summed E-state index contributed by atoms with van der Waals surface area (Å²) in [4.78, 5) is 22.4. The van der Waals surface area contributed by atoms with E-state index in [1.165, 1.54) is 16.9 Å². The van der Waals surface area contributed by atoms with Crippen molar-refractivity contribution in [2.75, 3.05) is 33.2 Å². The molecule has 1 aliphatic heterocycles. The molecule has 1 fully saturated rings. The maximum Gasteiger partial charge on any atom is 0.263 e. The smallest absolute Gasteiger partial charge is 0.263 e. The number of thiazole rings is 1. The predicted octanol–water partition coefficient (Wildman–Crippen LogP) is 3.12. The molecule has 0 saturated carbocycles. The van der Waals surface area contributed by atoms with Gasteiger partial charge in [0.15, 0.2) is 0 Å². The maximum atomic E-state index is 12.4. The Morgan fingerprint density at radius 3 is 2.56 bits per heavy atom. The SMILES string of the molecule is CN1CCN(Cc2cccc(CNC(=O)c3cnc(C(C)(C)C)s3)c2)CC1. The number of hydrogen-bond acceptors (Lipinski definition) is 5. The Kier molecular flexibility index (Phi) is 6.29. The van der Waals surface area contributed by atoms with Gasteiger partial charge in [0.1, 0.15) is 4.88 Å². The average molecular weight is 387 g/mol. The summed E-state index contributed by atoms with van der Waals surface area (Å²) in [6.07, 6.45) is 1.68. The van der Waals surface area contributed by atoms with Gasteiger partial charge in [0.2, 0.25) is 0 Å². The quantitative estimate of drug-likeness (QED) is 0.858. The van der Waals surface area contributed by atoms with Gasteiger partial charge in [0.25, 0.3) is 5.91 Å². The van der Waals surface area contributed by atoms with E-state index in [9.17, 15) is 4.79 Å². The maximum absolute atomic E-state index is 12.4. The Morgan fingerprint density at radius 2 is 1.89 bits per heavy atom. The molecule has 3 rings (SSSR count). The summed E-state index contributed by atoms with van der Waals surface area (Å²) in [6.45, 7) is 12.3. The lowest BCUT2D eigenvalue weighted by Gasteiger charge is -2.32. The zero-order valence-electron chi connectivity index (χ0n) is 16.8. The largest absolute Gasteiger partial charge is 0.347 e. The van der Waals surface area contributed by atoms with Crippen LogP contribution in [0.3, 0.4) is 0 Å². The Hall–Kier alpha value is -1.76. The topological polar surface area (TPSA) is 48.5 Å². The first kappa shape index (κ1) is 20.0. The average Bonchev–Trinajstić information content (AvgIpc) is 3.13. The number of carbonyl (C=O) groups excluding carboxylic acids is 1. The van der Waals surface area contributed by atoms with Gasteiger partial charge in [0.05, 0.1) is 11.2 Å². The molecule has 1 aromatic carbocycles. The molecule has 2 aromatic rings. The molecule has 0 aliphatic carbocycles. The number of benzene rings is 1. The Balaban J connectivity index is 1.55. The van der Waals surface area contributed by atoms with Gasteiger partial charge < -0.3 is 10.2 Å². The zero-order valence-corrected chi connectivity index (χ0v) is 17.6. The highest BCUT2D eigenvalue weighted by Crippen LogP contribution is 2.26. The molecule has 6 heteroatoms. The molecule has 0 unspecified atom stereocenters. The Morgan fingerprint density at radius 1 is 1.19 bits per heavy atom. The van der Waals surface area contributed by atoms with Crippen molar-refractivity contribution in [2.24, 2.45) is 0 Å². The Bertz CT molecular complexity index is 772. The van der Waals surface area contributed by atoms with Crippen LogP contribution < -0.4 is 5.32 Å². The van der Waals surface area contributed by atoms with Crippen LogP contribution in [0.1, 0.15) is 46.6 Å². The lowest BCUT2D eigenvalue weighted by atomic mass is 9.98. The van der Waals surface area contributed by atoms with Crippen LogP contribution in [-0.4, -0.2) is 53.9 Å². The van der Waals surface area contributed by atoms with Crippen molar-refractivity contribution in [1.29, 1.82) is 0 Å². The minimum Gasteiger partial charge on any atom is -0.347 e. The van der Waals surface area contributed by atoms with Gasteiger partial charge in [0, 0.05) is 44.7 Å². The number of hydrogen-bond donors (Lipinski definition) is 1. The molecule has 0 bridgehead atoms. The van der Waals surface area contributed by atoms with Gasteiger partial charge in [-0.2, -0.15) is 0 Å². The summed E-state index contributed by atoms with van der Waals surface area (Å²) < 4.78 is 0. The van der Waals surface area contributed by atoms with E-state index in [1.807, 2.05) is 0 Å². The van der Waals surface area contributed by atoms with Crippen molar-refractivity contribution in [3.63, 3.8) is 0 Å². The van der Waals surface area contributed by atoms with E-state index in [0.29, 0.717) is 11.4 Å². The normalized spacial score (nSPS) is 16.4. The van der Waals surface area contributed by atoms with E-state index in [-0.39, 0.29) is 11.3 Å². The molecule has 5 nitrogen and oxygen atoms in total. The summed E-state index contributed by atoms with van der Waals surface area (Å²) in [6, 6.07) is 8.52. The van der Waals surface area contributed by atoms with Crippen LogP contribution in [0.25, 0.3) is 0 Å². The highest BCUT2D eigenvalue weighted by Gasteiger charge is 2.20. The van der Waals surface area contributed by atoms with E-state index < -0.39 is 0 Å². The number of nitrogens with zero attached hydrogens (tertiary/aromatic N) is 3. The van der Waals surface area contributed by atoms with Crippen LogP contribution in [0, 0.1) is 0 Å². The van der Waals surface area contributed by atoms with Gasteiger partial charge >= 0.3 is 0 Å². The first-order valence-electron chi connectivity index (χ1n) is 9.54. The molecule has 1 aromatic heterocycles. The monoisotopic (exact) mass is 386 g/mol. The number of likely N-dealkylation sites (N-methyl/N-ethyl adjacent to an activating group) is 1. The highest BCUT2D eigenvalue weighted by atomic mass is 32.1. The van der Waals surface area contributed by atoms with E-state index in [1.54, 1.807) is 6.20 Å². The number of amides is 1. The fourth-order valence-electron chi connectivity index (χ4n) is 3.10. The van der Waals surface area contributed by atoms with Crippen molar-refractivity contribution >= 4 is 17.2 Å². The van der Waals surface area contributed by atoms with Crippen LogP contribution in [-0.2, 0) is 18.5 Å². The van der Waals surface area contributed by atoms with Gasteiger partial charge in [-0.1, -0.05) is 45.0 Å². The number of piperazine rings is 1. The molecule has 27 heavy (non-hydrogen) atoms. The highest BCUT2D eigenvalue weighted by molar-refractivity contribution is 7.13. The molecular weight excluding hydrogens is 356 g/mol. The predicted molar refractivity (Wildman–Crippen MR) is 111 cm³/mol. The molecule has 1 saturated heterocycles. The third-order valence-corrected chi connectivity index (χ3v) is 6.24. The van der Waals surface area contributed by atoms with Gasteiger partial charge in [-0.3, -0.25) is 9.69 Å². The molecule has 1 aliphatic rings. The van der Waals surface area contributed by atoms with Crippen molar-refractivity contribution in [3.8, 4) is 0 Å². The van der Waals surface area contributed by atoms with Crippen LogP contribution in [0.4, 0.5) is 0 Å². The molecule has 146 valence electrons. The first-order valence-corrected chi connectivity index (χ1v) is 10.4. The lowest BCUT2D eigenvalue weighted by molar-refractivity contribution is 0.0954. The van der Waals surface area contributed by atoms with Crippen LogP contribution in [0.2, 0.25) is 0 Å². The van der Waals surface area contributed by atoms with Gasteiger partial charge in [-0.05, 0) is 18.2 Å². The molecule has 1 amide bonds. The number of rotatable bonds is 5. The standard InChI is InChI=1S/C21H30N4OS/c1-21(2,3)20-23-14-18(27-20)19(26)22-13-16-6-5-7-17(12-16)15-25-10-8-24(4)9-11-25/h5-7,12,14H,8-11,13,15H2,1-4H3,(H,22,26). The van der Waals surface area contributed by atoms with E-state index in [2.05, 4.69) is 72.2 Å². The summed E-state index contributed by atoms with van der Waals surface area (Å²) in [5, 5.41) is 4.02. The zero-order chi connectivity index (χ0) is 19.4. The summed E-state index contributed by atoms with van der Waals surface area (Å²) >= 11 is 1.48. The van der Waals surface area contributed by atoms with Crippen molar-refractivity contribution in [2.45, 2.75) is 39.3 Å². The van der Waals surface area contributed by atoms with E-state index >= 15 is 0 Å². The first-order chi connectivity index (χ1) is 12.8. The van der Waals surface area contributed by atoms with E-state index in [0.717, 1.165) is 43.3 Å². The molecule has 0 radical (unpaired) electrons. The third kappa shape index (κ3) is 5.61. The lowest BCUT2D eigenvalue weighted by Crippen LogP contribution is -2.43. The van der Waals surface area contributed by atoms with E-state index in [4.69, 9.17) is 0 Å². The molecule has 0 spiro atoms. The van der Waals surface area contributed by atoms with Gasteiger partial charge in [-0.15, -0.1) is 11.3 Å². The summed E-state index contributed by atoms with van der Waals surface area (Å²) in [5.74, 6) is -0.0486. The molecule has 0 atom stereocenters. The van der Waals surface area contributed by atoms with Crippen LogP contribution in [0.15, 0.2) is 30.5 Å². The molecule has 1 N–H and O–H groups in total. The van der Waals surface area contributed by atoms with Crippen molar-refractivity contribution in [3.05, 3.63) is 51.5 Å². The number of nitrogens with one attached hydrogen (secondary N) is 1. The molecule has 2 heterocycles. The van der Waals surface area contributed by atoms with Crippen LogP contribution >= 0.6 is 11.3 Å². The summed E-state index contributed by atoms with van der Waals surface area (Å²) in [5.41, 5.74) is 2.41. The second-order valence-electron chi connectivity index (χ2n) is 8.36. The fraction of sp³-hybridized carbons (Fsp3) is 0.524. The second kappa shape index (κ2) is 8.50.